The van der Waals surface area contributed by atoms with Gasteiger partial charge in [0.1, 0.15) is 0 Å². The summed E-state index contributed by atoms with van der Waals surface area (Å²) < 4.78 is 0. The average Bonchev–Trinajstić information content (AvgIpc) is 2.44. The first-order valence-corrected chi connectivity index (χ1v) is 8.18. The summed E-state index contributed by atoms with van der Waals surface area (Å²) in [6.45, 7) is 6.99. The van der Waals surface area contributed by atoms with E-state index in [1.807, 2.05) is 23.9 Å². The Labute approximate surface area is 149 Å². The summed E-state index contributed by atoms with van der Waals surface area (Å²) in [5, 5.41) is 2.90. The number of carbonyl (C=O) groups excluding carboxylic acids is 1. The predicted octanol–water partition coefficient (Wildman–Crippen LogP) is 2.67. The minimum atomic E-state index is -0.489. The standard InChI is InChI=1S/C15H23N3OS.2ClH/c1-11-13(10-18-6-8-20-9-7-18)4-3-5-14(11)17-15(19)12(2)16;;/h3-5,12H,6-10,16H2,1-2H3,(H,17,19);2*1H. The third-order valence-electron chi connectivity index (χ3n) is 3.62. The Morgan fingerprint density at radius 3 is 2.59 bits per heavy atom. The number of nitrogens with zero attached hydrogens (tertiary/aromatic N) is 1. The van der Waals surface area contributed by atoms with Gasteiger partial charge in [0, 0.05) is 36.8 Å². The van der Waals surface area contributed by atoms with E-state index in [-0.39, 0.29) is 30.7 Å². The average molecular weight is 366 g/mol. The maximum absolute atomic E-state index is 11.7. The zero-order valence-corrected chi connectivity index (χ0v) is 15.5. The van der Waals surface area contributed by atoms with Gasteiger partial charge in [-0.3, -0.25) is 9.69 Å². The lowest BCUT2D eigenvalue weighted by Crippen LogP contribution is -2.33. The van der Waals surface area contributed by atoms with Crippen LogP contribution in [0, 0.1) is 6.92 Å². The first kappa shape index (κ1) is 21.5. The summed E-state index contributed by atoms with van der Waals surface area (Å²) >= 11 is 2.02. The van der Waals surface area contributed by atoms with Crippen molar-refractivity contribution in [2.24, 2.45) is 5.73 Å². The van der Waals surface area contributed by atoms with E-state index in [1.54, 1.807) is 6.92 Å². The molecule has 1 amide bonds. The van der Waals surface area contributed by atoms with Gasteiger partial charge in [-0.2, -0.15) is 11.8 Å². The fourth-order valence-corrected chi connectivity index (χ4v) is 3.22. The fourth-order valence-electron chi connectivity index (χ4n) is 2.24. The first-order valence-electron chi connectivity index (χ1n) is 7.03. The minimum absolute atomic E-state index is 0. The third kappa shape index (κ3) is 5.97. The van der Waals surface area contributed by atoms with Gasteiger partial charge in [0.05, 0.1) is 6.04 Å². The molecule has 1 unspecified atom stereocenters. The second-order valence-corrected chi connectivity index (χ2v) is 6.48. The van der Waals surface area contributed by atoms with Crippen LogP contribution in [0.4, 0.5) is 5.69 Å². The number of hydrogen-bond donors (Lipinski definition) is 2. The Balaban J connectivity index is 0.00000220. The molecule has 0 radical (unpaired) electrons. The molecule has 4 nitrogen and oxygen atoms in total. The quantitative estimate of drug-likeness (QED) is 0.860. The van der Waals surface area contributed by atoms with Crippen LogP contribution in [0.2, 0.25) is 0 Å². The molecule has 1 atom stereocenters. The van der Waals surface area contributed by atoms with Crippen LogP contribution in [0.25, 0.3) is 0 Å². The molecule has 1 aliphatic heterocycles. The van der Waals surface area contributed by atoms with Crippen molar-refractivity contribution in [3.8, 4) is 0 Å². The van der Waals surface area contributed by atoms with Gasteiger partial charge in [0.25, 0.3) is 0 Å². The molecule has 0 aromatic heterocycles. The van der Waals surface area contributed by atoms with E-state index >= 15 is 0 Å². The van der Waals surface area contributed by atoms with Crippen molar-refractivity contribution in [2.45, 2.75) is 26.4 Å². The number of nitrogens with two attached hydrogens (primary N) is 1. The molecule has 1 fully saturated rings. The van der Waals surface area contributed by atoms with Crippen molar-refractivity contribution >= 4 is 48.2 Å². The van der Waals surface area contributed by atoms with Crippen molar-refractivity contribution < 1.29 is 4.79 Å². The lowest BCUT2D eigenvalue weighted by Gasteiger charge is -2.27. The van der Waals surface area contributed by atoms with Gasteiger partial charge in [-0.15, -0.1) is 24.8 Å². The lowest BCUT2D eigenvalue weighted by atomic mass is 10.1. The van der Waals surface area contributed by atoms with Crippen molar-refractivity contribution in [1.29, 1.82) is 0 Å². The third-order valence-corrected chi connectivity index (χ3v) is 4.56. The van der Waals surface area contributed by atoms with Gasteiger partial charge in [-0.1, -0.05) is 12.1 Å². The van der Waals surface area contributed by atoms with Crippen molar-refractivity contribution in [2.75, 3.05) is 29.9 Å². The summed E-state index contributed by atoms with van der Waals surface area (Å²) in [4.78, 5) is 14.2. The van der Waals surface area contributed by atoms with Crippen molar-refractivity contribution in [1.82, 2.24) is 4.90 Å². The van der Waals surface area contributed by atoms with Gasteiger partial charge < -0.3 is 11.1 Å². The molecule has 0 saturated carbocycles. The summed E-state index contributed by atoms with van der Waals surface area (Å²) in [7, 11) is 0. The number of amides is 1. The Bertz CT molecular complexity index is 480. The van der Waals surface area contributed by atoms with E-state index in [2.05, 4.69) is 23.2 Å². The largest absolute Gasteiger partial charge is 0.324 e. The molecule has 0 bridgehead atoms. The van der Waals surface area contributed by atoms with Crippen LogP contribution < -0.4 is 11.1 Å². The van der Waals surface area contributed by atoms with Crippen molar-refractivity contribution in [3.63, 3.8) is 0 Å². The zero-order chi connectivity index (χ0) is 14.5. The van der Waals surface area contributed by atoms with Crippen molar-refractivity contribution in [3.05, 3.63) is 29.3 Å². The Morgan fingerprint density at radius 1 is 1.36 bits per heavy atom. The molecule has 1 aromatic carbocycles. The molecular formula is C15H25Cl2N3OS. The number of halogens is 2. The van der Waals surface area contributed by atoms with Crippen LogP contribution in [-0.2, 0) is 11.3 Å². The Kier molecular flexibility index (Phi) is 10.1. The predicted molar refractivity (Wildman–Crippen MR) is 101 cm³/mol. The highest BCUT2D eigenvalue weighted by Gasteiger charge is 2.14. The lowest BCUT2D eigenvalue weighted by molar-refractivity contribution is -0.117. The minimum Gasteiger partial charge on any atom is -0.324 e. The van der Waals surface area contributed by atoms with E-state index in [0.717, 1.165) is 30.9 Å². The number of benzene rings is 1. The summed E-state index contributed by atoms with van der Waals surface area (Å²) in [6.07, 6.45) is 0. The smallest absolute Gasteiger partial charge is 0.241 e. The molecule has 0 aliphatic carbocycles. The molecule has 1 aliphatic rings. The van der Waals surface area contributed by atoms with E-state index in [0.29, 0.717) is 0 Å². The molecule has 1 heterocycles. The molecule has 3 N–H and O–H groups in total. The maximum Gasteiger partial charge on any atom is 0.241 e. The first-order chi connectivity index (χ1) is 9.58. The van der Waals surface area contributed by atoms with Crippen LogP contribution >= 0.6 is 36.6 Å². The Morgan fingerprint density at radius 2 is 2.00 bits per heavy atom. The van der Waals surface area contributed by atoms with Gasteiger partial charge >= 0.3 is 0 Å². The fraction of sp³-hybridized carbons (Fsp3) is 0.533. The number of thioether (sulfide) groups is 1. The topological polar surface area (TPSA) is 58.4 Å². The second kappa shape index (κ2) is 10.3. The van der Waals surface area contributed by atoms with Gasteiger partial charge in [0.15, 0.2) is 0 Å². The summed E-state index contributed by atoms with van der Waals surface area (Å²) in [5.41, 5.74) is 8.89. The number of nitrogens with one attached hydrogen (secondary N) is 1. The summed E-state index contributed by atoms with van der Waals surface area (Å²) in [6, 6.07) is 5.58. The van der Waals surface area contributed by atoms with Gasteiger partial charge in [-0.25, -0.2) is 0 Å². The van der Waals surface area contributed by atoms with Crippen LogP contribution in [0.1, 0.15) is 18.1 Å². The van der Waals surface area contributed by atoms with E-state index in [1.165, 1.54) is 17.1 Å². The molecule has 7 heteroatoms. The summed E-state index contributed by atoms with van der Waals surface area (Å²) in [5.74, 6) is 2.28. The zero-order valence-electron chi connectivity index (χ0n) is 13.0. The molecule has 1 aromatic rings. The van der Waals surface area contributed by atoms with Gasteiger partial charge in [0.2, 0.25) is 5.91 Å². The highest BCUT2D eigenvalue weighted by molar-refractivity contribution is 7.99. The number of anilines is 1. The second-order valence-electron chi connectivity index (χ2n) is 5.26. The highest BCUT2D eigenvalue weighted by atomic mass is 35.5. The van der Waals surface area contributed by atoms with E-state index < -0.39 is 6.04 Å². The van der Waals surface area contributed by atoms with E-state index in [4.69, 9.17) is 5.73 Å². The molecule has 22 heavy (non-hydrogen) atoms. The van der Waals surface area contributed by atoms with Crippen LogP contribution in [-0.4, -0.2) is 41.4 Å². The molecule has 0 spiro atoms. The molecular weight excluding hydrogens is 341 g/mol. The molecule has 1 saturated heterocycles. The maximum atomic E-state index is 11.7. The monoisotopic (exact) mass is 365 g/mol. The highest BCUT2D eigenvalue weighted by Crippen LogP contribution is 2.21. The number of hydrogen-bond acceptors (Lipinski definition) is 4. The van der Waals surface area contributed by atoms with Gasteiger partial charge in [-0.05, 0) is 31.0 Å². The Hall–Kier alpha value is -0.460. The molecule has 2 rings (SSSR count). The van der Waals surface area contributed by atoms with Crippen LogP contribution in [0.3, 0.4) is 0 Å². The molecule has 126 valence electrons. The normalized spacial score (nSPS) is 16.1. The van der Waals surface area contributed by atoms with Crippen LogP contribution in [0.5, 0.6) is 0 Å². The van der Waals surface area contributed by atoms with E-state index in [9.17, 15) is 4.79 Å². The van der Waals surface area contributed by atoms with Crippen LogP contribution in [0.15, 0.2) is 18.2 Å². The number of carbonyl (C=O) groups is 1. The SMILES string of the molecule is Cc1c(CN2CCSCC2)cccc1NC(=O)C(C)N.Cl.Cl. The number of rotatable bonds is 4.